The van der Waals surface area contributed by atoms with E-state index in [1.54, 1.807) is 0 Å². The van der Waals surface area contributed by atoms with Crippen LogP contribution in [0.2, 0.25) is 0 Å². The third-order valence-electron chi connectivity index (χ3n) is 4.56. The van der Waals surface area contributed by atoms with Crippen LogP contribution in [0.3, 0.4) is 0 Å². The molecular weight excluding hydrogens is 266 g/mol. The van der Waals surface area contributed by atoms with Gasteiger partial charge in [-0.15, -0.1) is 0 Å². The van der Waals surface area contributed by atoms with Gasteiger partial charge in [0.2, 0.25) is 0 Å². The van der Waals surface area contributed by atoms with E-state index < -0.39 is 0 Å². The second-order valence-electron chi connectivity index (χ2n) is 6.30. The van der Waals surface area contributed by atoms with Gasteiger partial charge in [0.05, 0.1) is 11.0 Å². The molecule has 0 atom stereocenters. The molecule has 4 rings (SSSR count). The highest BCUT2D eigenvalue weighted by Gasteiger charge is 2.29. The SMILES string of the molecule is NC1(Cc2nc3cc4c(cc3[nH]2)OCCO4)CCCCC1. The molecule has 1 saturated carbocycles. The minimum atomic E-state index is -0.0985. The number of aromatic amines is 1. The summed E-state index contributed by atoms with van der Waals surface area (Å²) in [5.74, 6) is 2.55. The molecule has 0 spiro atoms. The number of nitrogens with one attached hydrogen (secondary N) is 1. The van der Waals surface area contributed by atoms with E-state index in [1.807, 2.05) is 12.1 Å². The highest BCUT2D eigenvalue weighted by Crippen LogP contribution is 2.34. The van der Waals surface area contributed by atoms with Crippen LogP contribution in [-0.2, 0) is 6.42 Å². The first kappa shape index (κ1) is 13.0. The van der Waals surface area contributed by atoms with Crippen molar-refractivity contribution in [3.05, 3.63) is 18.0 Å². The number of hydrogen-bond acceptors (Lipinski definition) is 4. The number of ether oxygens (including phenoxy) is 2. The van der Waals surface area contributed by atoms with Gasteiger partial charge in [-0.3, -0.25) is 0 Å². The second kappa shape index (κ2) is 4.91. The number of fused-ring (bicyclic) bond motifs is 2. The number of hydrogen-bond donors (Lipinski definition) is 2. The highest BCUT2D eigenvalue weighted by molar-refractivity contribution is 5.80. The van der Waals surface area contributed by atoms with Crippen LogP contribution >= 0.6 is 0 Å². The zero-order valence-corrected chi connectivity index (χ0v) is 12.2. The number of nitrogens with zero attached hydrogens (tertiary/aromatic N) is 1. The minimum absolute atomic E-state index is 0.0985. The Balaban J connectivity index is 1.64. The first-order chi connectivity index (χ1) is 10.2. The minimum Gasteiger partial charge on any atom is -0.486 e. The third-order valence-corrected chi connectivity index (χ3v) is 4.56. The second-order valence-corrected chi connectivity index (χ2v) is 6.30. The average molecular weight is 287 g/mol. The molecule has 1 fully saturated rings. The van der Waals surface area contributed by atoms with Crippen LogP contribution in [-0.4, -0.2) is 28.7 Å². The van der Waals surface area contributed by atoms with Crippen molar-refractivity contribution >= 4 is 11.0 Å². The van der Waals surface area contributed by atoms with E-state index in [2.05, 4.69) is 9.97 Å². The zero-order chi connectivity index (χ0) is 14.3. The lowest BCUT2D eigenvalue weighted by Crippen LogP contribution is -2.44. The van der Waals surface area contributed by atoms with E-state index in [0.717, 1.165) is 47.6 Å². The normalized spacial score (nSPS) is 20.6. The van der Waals surface area contributed by atoms with Gasteiger partial charge in [0.15, 0.2) is 11.5 Å². The van der Waals surface area contributed by atoms with Gasteiger partial charge in [-0.25, -0.2) is 4.98 Å². The number of nitrogens with two attached hydrogens (primary N) is 1. The lowest BCUT2D eigenvalue weighted by molar-refractivity contribution is 0.172. The number of benzene rings is 1. The molecular formula is C16H21N3O2. The third kappa shape index (κ3) is 2.46. The maximum Gasteiger partial charge on any atom is 0.163 e. The maximum absolute atomic E-state index is 6.53. The van der Waals surface area contributed by atoms with Crippen LogP contribution in [0.4, 0.5) is 0 Å². The van der Waals surface area contributed by atoms with E-state index in [9.17, 15) is 0 Å². The maximum atomic E-state index is 6.53. The number of aromatic nitrogens is 2. The Hall–Kier alpha value is -1.75. The molecule has 3 N–H and O–H groups in total. The Bertz CT molecular complexity index is 616. The molecule has 1 aromatic carbocycles. The fourth-order valence-electron chi connectivity index (χ4n) is 3.45. The van der Waals surface area contributed by atoms with E-state index in [4.69, 9.17) is 15.2 Å². The molecule has 1 aliphatic heterocycles. The molecule has 0 bridgehead atoms. The zero-order valence-electron chi connectivity index (χ0n) is 12.2. The van der Waals surface area contributed by atoms with Crippen LogP contribution in [0.1, 0.15) is 37.9 Å². The Morgan fingerprint density at radius 2 is 1.81 bits per heavy atom. The van der Waals surface area contributed by atoms with Crippen molar-refractivity contribution in [1.82, 2.24) is 9.97 Å². The first-order valence-corrected chi connectivity index (χ1v) is 7.79. The molecule has 0 amide bonds. The molecule has 0 unspecified atom stereocenters. The molecule has 0 radical (unpaired) electrons. The Kier molecular flexibility index (Phi) is 3.03. The van der Waals surface area contributed by atoms with Gasteiger partial charge in [0.25, 0.3) is 0 Å². The van der Waals surface area contributed by atoms with Crippen molar-refractivity contribution in [2.75, 3.05) is 13.2 Å². The van der Waals surface area contributed by atoms with Crippen molar-refractivity contribution < 1.29 is 9.47 Å². The molecule has 2 heterocycles. The van der Waals surface area contributed by atoms with Crippen LogP contribution < -0.4 is 15.2 Å². The Labute approximate surface area is 123 Å². The van der Waals surface area contributed by atoms with Gasteiger partial charge in [-0.1, -0.05) is 19.3 Å². The van der Waals surface area contributed by atoms with Gasteiger partial charge < -0.3 is 20.2 Å². The molecule has 1 aliphatic carbocycles. The summed E-state index contributed by atoms with van der Waals surface area (Å²) in [6, 6.07) is 3.93. The van der Waals surface area contributed by atoms with Gasteiger partial charge in [-0.2, -0.15) is 0 Å². The van der Waals surface area contributed by atoms with Gasteiger partial charge in [0.1, 0.15) is 19.0 Å². The van der Waals surface area contributed by atoms with Crippen LogP contribution in [0.5, 0.6) is 11.5 Å². The fourth-order valence-corrected chi connectivity index (χ4v) is 3.45. The molecule has 1 aromatic heterocycles. The van der Waals surface area contributed by atoms with E-state index >= 15 is 0 Å². The summed E-state index contributed by atoms with van der Waals surface area (Å²) in [6.45, 7) is 1.20. The fraction of sp³-hybridized carbons (Fsp3) is 0.562. The summed E-state index contributed by atoms with van der Waals surface area (Å²) in [7, 11) is 0. The summed E-state index contributed by atoms with van der Waals surface area (Å²) in [6.07, 6.45) is 6.76. The predicted molar refractivity (Wildman–Crippen MR) is 80.8 cm³/mol. The molecule has 5 heteroatoms. The number of H-pyrrole nitrogens is 1. The molecule has 0 saturated heterocycles. The van der Waals surface area contributed by atoms with Crippen LogP contribution in [0, 0.1) is 0 Å². The van der Waals surface area contributed by atoms with Crippen molar-refractivity contribution in [2.24, 2.45) is 5.73 Å². The lowest BCUT2D eigenvalue weighted by atomic mass is 9.80. The van der Waals surface area contributed by atoms with E-state index in [-0.39, 0.29) is 5.54 Å². The highest BCUT2D eigenvalue weighted by atomic mass is 16.6. The monoisotopic (exact) mass is 287 g/mol. The topological polar surface area (TPSA) is 73.2 Å². The quantitative estimate of drug-likeness (QED) is 0.890. The molecule has 21 heavy (non-hydrogen) atoms. The van der Waals surface area contributed by atoms with Crippen LogP contribution in [0.25, 0.3) is 11.0 Å². The van der Waals surface area contributed by atoms with Crippen LogP contribution in [0.15, 0.2) is 12.1 Å². The standard InChI is InChI=1S/C16H21N3O2/c17-16(4-2-1-3-5-16)10-15-18-11-8-13-14(9-12(11)19-15)21-7-6-20-13/h8-9H,1-7,10,17H2,(H,18,19). The average Bonchev–Trinajstić information content (AvgIpc) is 2.85. The van der Waals surface area contributed by atoms with Crippen molar-refractivity contribution in [2.45, 2.75) is 44.1 Å². The molecule has 112 valence electrons. The summed E-state index contributed by atoms with van der Waals surface area (Å²) in [5, 5.41) is 0. The number of rotatable bonds is 2. The van der Waals surface area contributed by atoms with Gasteiger partial charge >= 0.3 is 0 Å². The predicted octanol–water partition coefficient (Wildman–Crippen LogP) is 2.54. The summed E-state index contributed by atoms with van der Waals surface area (Å²) < 4.78 is 11.2. The smallest absolute Gasteiger partial charge is 0.163 e. The van der Waals surface area contributed by atoms with Crippen molar-refractivity contribution in [1.29, 1.82) is 0 Å². The largest absolute Gasteiger partial charge is 0.486 e. The summed E-state index contributed by atoms with van der Waals surface area (Å²) in [4.78, 5) is 8.08. The van der Waals surface area contributed by atoms with E-state index in [0.29, 0.717) is 13.2 Å². The van der Waals surface area contributed by atoms with E-state index in [1.165, 1.54) is 19.3 Å². The van der Waals surface area contributed by atoms with Crippen molar-refractivity contribution in [3.8, 4) is 11.5 Å². The molecule has 2 aromatic rings. The molecule has 2 aliphatic rings. The van der Waals surface area contributed by atoms with Gasteiger partial charge in [0, 0.05) is 24.1 Å². The Morgan fingerprint density at radius 1 is 1.10 bits per heavy atom. The summed E-state index contributed by atoms with van der Waals surface area (Å²) >= 11 is 0. The van der Waals surface area contributed by atoms with Crippen molar-refractivity contribution in [3.63, 3.8) is 0 Å². The number of imidazole rings is 1. The summed E-state index contributed by atoms with van der Waals surface area (Å²) in [5.41, 5.74) is 8.35. The van der Waals surface area contributed by atoms with Gasteiger partial charge in [-0.05, 0) is 12.8 Å². The lowest BCUT2D eigenvalue weighted by Gasteiger charge is -2.32. The molecule has 5 nitrogen and oxygen atoms in total. The first-order valence-electron chi connectivity index (χ1n) is 7.79. The Morgan fingerprint density at radius 3 is 2.57 bits per heavy atom.